The van der Waals surface area contributed by atoms with E-state index in [1.54, 1.807) is 59.8 Å². The molecule has 0 spiro atoms. The van der Waals surface area contributed by atoms with Gasteiger partial charge >= 0.3 is 0 Å². The Kier molecular flexibility index (Phi) is 7.58. The van der Waals surface area contributed by atoms with Crippen molar-refractivity contribution in [3.63, 3.8) is 0 Å². The van der Waals surface area contributed by atoms with Crippen molar-refractivity contribution in [3.8, 4) is 11.5 Å². The maximum Gasteiger partial charge on any atom is 0.246 e. The van der Waals surface area contributed by atoms with Crippen molar-refractivity contribution in [3.05, 3.63) is 59.2 Å². The predicted octanol–water partition coefficient (Wildman–Crippen LogP) is 3.87. The molecule has 34 heavy (non-hydrogen) atoms. The smallest absolute Gasteiger partial charge is 0.246 e. The zero-order valence-electron chi connectivity index (χ0n) is 19.8. The highest BCUT2D eigenvalue weighted by Crippen LogP contribution is 2.33. The van der Waals surface area contributed by atoms with Gasteiger partial charge < -0.3 is 14.4 Å². The highest BCUT2D eigenvalue weighted by atomic mass is 32.2. The van der Waals surface area contributed by atoms with Crippen molar-refractivity contribution in [2.45, 2.75) is 43.5 Å². The summed E-state index contributed by atoms with van der Waals surface area (Å²) in [4.78, 5) is 14.9. The number of ether oxygens (including phenoxy) is 2. The summed E-state index contributed by atoms with van der Waals surface area (Å²) in [6.45, 7) is 2.29. The zero-order valence-corrected chi connectivity index (χ0v) is 20.6. The highest BCUT2D eigenvalue weighted by Gasteiger charge is 2.25. The molecule has 8 heteroatoms. The molecule has 2 aromatic rings. The minimum atomic E-state index is -3.47. The fourth-order valence-electron chi connectivity index (χ4n) is 4.53. The number of sulfonamides is 1. The van der Waals surface area contributed by atoms with Crippen molar-refractivity contribution in [1.82, 2.24) is 9.21 Å². The third kappa shape index (κ3) is 5.28. The highest BCUT2D eigenvalue weighted by molar-refractivity contribution is 7.89. The van der Waals surface area contributed by atoms with E-state index in [4.69, 9.17) is 9.47 Å². The molecule has 1 fully saturated rings. The second-order valence-electron chi connectivity index (χ2n) is 8.71. The van der Waals surface area contributed by atoms with Crippen LogP contribution in [0.15, 0.2) is 47.4 Å². The fraction of sp³-hybridized carbons (Fsp3) is 0.423. The number of amides is 1. The second kappa shape index (κ2) is 10.6. The molecule has 0 atom stereocenters. The van der Waals surface area contributed by atoms with Gasteiger partial charge in [-0.15, -0.1) is 0 Å². The Morgan fingerprint density at radius 2 is 1.50 bits per heavy atom. The molecule has 0 unspecified atom stereocenters. The molecule has 2 aromatic carbocycles. The number of carbonyl (C=O) groups excluding carboxylic acids is 1. The molecule has 0 aliphatic carbocycles. The molecule has 4 rings (SSSR count). The van der Waals surface area contributed by atoms with Crippen molar-refractivity contribution < 1.29 is 22.7 Å². The summed E-state index contributed by atoms with van der Waals surface area (Å²) in [5.41, 5.74) is 2.99. The Balaban J connectivity index is 1.41. The number of rotatable bonds is 6. The van der Waals surface area contributed by atoms with Gasteiger partial charge in [0.15, 0.2) is 11.5 Å². The normalized spacial score (nSPS) is 17.3. The van der Waals surface area contributed by atoms with Gasteiger partial charge in [0.2, 0.25) is 15.9 Å². The van der Waals surface area contributed by atoms with Crippen LogP contribution in [0.1, 0.15) is 42.4 Å². The summed E-state index contributed by atoms with van der Waals surface area (Å²) >= 11 is 0. The van der Waals surface area contributed by atoms with Gasteiger partial charge in [-0.05, 0) is 66.3 Å². The van der Waals surface area contributed by atoms with E-state index in [0.29, 0.717) is 42.6 Å². The summed E-state index contributed by atoms with van der Waals surface area (Å²) in [6.07, 6.45) is 7.99. The quantitative estimate of drug-likeness (QED) is 0.582. The second-order valence-corrected chi connectivity index (χ2v) is 10.6. The van der Waals surface area contributed by atoms with Gasteiger partial charge in [0.25, 0.3) is 0 Å². The van der Waals surface area contributed by atoms with E-state index in [9.17, 15) is 13.2 Å². The standard InChI is InChI=1S/C26H32N2O5S/c1-32-24-17-21-13-16-27(19-22(21)18-25(24)33-2)26(29)12-9-20-7-10-23(11-8-20)34(30,31)28-14-5-3-4-6-15-28/h7-12,17-18H,3-6,13-16,19H2,1-2H3/b12-9+. The van der Waals surface area contributed by atoms with Gasteiger partial charge in [0.1, 0.15) is 0 Å². The molecule has 2 heterocycles. The van der Waals surface area contributed by atoms with Gasteiger partial charge in [-0.1, -0.05) is 25.0 Å². The molecule has 0 N–H and O–H groups in total. The number of carbonyl (C=O) groups is 1. The van der Waals surface area contributed by atoms with Crippen LogP contribution in [-0.4, -0.2) is 57.4 Å². The summed E-state index contributed by atoms with van der Waals surface area (Å²) in [6, 6.07) is 10.7. The Labute approximate surface area is 202 Å². The number of hydrogen-bond acceptors (Lipinski definition) is 5. The number of hydrogen-bond donors (Lipinski definition) is 0. The van der Waals surface area contributed by atoms with Crippen molar-refractivity contribution >= 4 is 22.0 Å². The monoisotopic (exact) mass is 484 g/mol. The third-order valence-corrected chi connectivity index (χ3v) is 8.44. The van der Waals surface area contributed by atoms with E-state index < -0.39 is 10.0 Å². The first-order valence-electron chi connectivity index (χ1n) is 11.7. The average molecular weight is 485 g/mol. The Bertz CT molecular complexity index is 1150. The molecule has 0 saturated carbocycles. The largest absolute Gasteiger partial charge is 0.493 e. The first kappa shape index (κ1) is 24.3. The lowest BCUT2D eigenvalue weighted by atomic mass is 9.98. The topological polar surface area (TPSA) is 76.1 Å². The first-order valence-corrected chi connectivity index (χ1v) is 13.2. The van der Waals surface area contributed by atoms with E-state index in [0.717, 1.165) is 48.8 Å². The summed E-state index contributed by atoms with van der Waals surface area (Å²) in [5, 5.41) is 0. The number of nitrogens with zero attached hydrogens (tertiary/aromatic N) is 2. The Morgan fingerprint density at radius 3 is 2.12 bits per heavy atom. The molecule has 182 valence electrons. The van der Waals surface area contributed by atoms with E-state index >= 15 is 0 Å². The predicted molar refractivity (Wildman–Crippen MR) is 131 cm³/mol. The lowest BCUT2D eigenvalue weighted by molar-refractivity contribution is -0.126. The van der Waals surface area contributed by atoms with E-state index in [1.807, 2.05) is 12.1 Å². The van der Waals surface area contributed by atoms with Crippen LogP contribution in [0.3, 0.4) is 0 Å². The van der Waals surface area contributed by atoms with Crippen LogP contribution >= 0.6 is 0 Å². The van der Waals surface area contributed by atoms with Crippen LogP contribution in [0.4, 0.5) is 0 Å². The fourth-order valence-corrected chi connectivity index (χ4v) is 6.04. The third-order valence-electron chi connectivity index (χ3n) is 6.53. The maximum absolute atomic E-state index is 12.9. The molecule has 0 aromatic heterocycles. The molecule has 2 aliphatic rings. The average Bonchev–Trinajstić information content (AvgIpc) is 3.16. The maximum atomic E-state index is 12.9. The van der Waals surface area contributed by atoms with E-state index in [1.165, 1.54) is 0 Å². The molecule has 0 radical (unpaired) electrons. The SMILES string of the molecule is COc1cc2c(cc1OC)CN(C(=O)/C=C/c1ccc(S(=O)(=O)N3CCCCCC3)cc1)CC2. The molecular weight excluding hydrogens is 452 g/mol. The lowest BCUT2D eigenvalue weighted by Gasteiger charge is -2.28. The Morgan fingerprint density at radius 1 is 0.882 bits per heavy atom. The number of fused-ring (bicyclic) bond motifs is 1. The van der Waals surface area contributed by atoms with Gasteiger partial charge in [0.05, 0.1) is 19.1 Å². The minimum absolute atomic E-state index is 0.0818. The summed E-state index contributed by atoms with van der Waals surface area (Å²) in [7, 11) is -0.259. The summed E-state index contributed by atoms with van der Waals surface area (Å²) in [5.74, 6) is 1.27. The van der Waals surface area contributed by atoms with Crippen molar-refractivity contribution in [2.75, 3.05) is 33.9 Å². The molecule has 1 amide bonds. The van der Waals surface area contributed by atoms with Crippen LogP contribution in [0, 0.1) is 0 Å². The molecular formula is C26H32N2O5S. The first-order chi connectivity index (χ1) is 16.4. The van der Waals surface area contributed by atoms with Crippen molar-refractivity contribution in [2.24, 2.45) is 0 Å². The van der Waals surface area contributed by atoms with E-state index in [2.05, 4.69) is 0 Å². The molecule has 7 nitrogen and oxygen atoms in total. The van der Waals surface area contributed by atoms with Gasteiger partial charge in [-0.25, -0.2) is 8.42 Å². The zero-order chi connectivity index (χ0) is 24.1. The van der Waals surface area contributed by atoms with Crippen molar-refractivity contribution in [1.29, 1.82) is 0 Å². The minimum Gasteiger partial charge on any atom is -0.493 e. The van der Waals surface area contributed by atoms with Crippen LogP contribution < -0.4 is 9.47 Å². The van der Waals surface area contributed by atoms with Gasteiger partial charge in [-0.3, -0.25) is 4.79 Å². The summed E-state index contributed by atoms with van der Waals surface area (Å²) < 4.78 is 38.2. The van der Waals surface area contributed by atoms with Crippen LogP contribution in [0.2, 0.25) is 0 Å². The molecule has 1 saturated heterocycles. The Hall–Kier alpha value is -2.84. The van der Waals surface area contributed by atoms with E-state index in [-0.39, 0.29) is 5.91 Å². The lowest BCUT2D eigenvalue weighted by Crippen LogP contribution is -2.34. The number of methoxy groups -OCH3 is 2. The van der Waals surface area contributed by atoms with Crippen LogP contribution in [0.5, 0.6) is 11.5 Å². The van der Waals surface area contributed by atoms with Crippen LogP contribution in [0.25, 0.3) is 6.08 Å². The number of benzene rings is 2. The van der Waals surface area contributed by atoms with Gasteiger partial charge in [-0.2, -0.15) is 4.31 Å². The molecule has 0 bridgehead atoms. The van der Waals surface area contributed by atoms with Gasteiger partial charge in [0, 0.05) is 32.3 Å². The van der Waals surface area contributed by atoms with Crippen LogP contribution in [-0.2, 0) is 27.8 Å². The molecule has 2 aliphatic heterocycles.